The highest BCUT2D eigenvalue weighted by Gasteiger charge is 2.20. The molecule has 1 atom stereocenters. The Morgan fingerprint density at radius 2 is 1.79 bits per heavy atom. The van der Waals surface area contributed by atoms with Crippen LogP contribution in [0.25, 0.3) is 11.0 Å². The highest BCUT2D eigenvalue weighted by atomic mass is 32.2. The number of hydrogen-bond donors (Lipinski definition) is 2. The second-order valence-corrected chi connectivity index (χ2v) is 10.2. The summed E-state index contributed by atoms with van der Waals surface area (Å²) in [5.74, 6) is -0.589. The third kappa shape index (κ3) is 6.24. The Hall–Kier alpha value is -3.17. The fraction of sp³-hybridized carbons (Fsp3) is 0.360. The topological polar surface area (TPSA) is 129 Å². The monoisotopic (exact) mass is 486 g/mol. The van der Waals surface area contributed by atoms with Crippen molar-refractivity contribution in [3.63, 3.8) is 0 Å². The van der Waals surface area contributed by atoms with E-state index in [1.165, 1.54) is 24.6 Å². The van der Waals surface area contributed by atoms with E-state index in [4.69, 9.17) is 14.3 Å². The number of sulfonamides is 1. The number of rotatable bonds is 9. The van der Waals surface area contributed by atoms with Gasteiger partial charge in [0.15, 0.2) is 6.10 Å². The number of aryl methyl sites for hydroxylation is 1. The molecule has 1 heterocycles. The van der Waals surface area contributed by atoms with Gasteiger partial charge in [-0.15, -0.1) is 0 Å². The van der Waals surface area contributed by atoms with Crippen LogP contribution < -0.4 is 10.5 Å². The van der Waals surface area contributed by atoms with Crippen LogP contribution in [0.3, 0.4) is 0 Å². The first-order valence-corrected chi connectivity index (χ1v) is 12.6. The molecule has 182 valence electrons. The van der Waals surface area contributed by atoms with Gasteiger partial charge in [-0.2, -0.15) is 0 Å². The van der Waals surface area contributed by atoms with Crippen LogP contribution in [0.5, 0.6) is 0 Å². The third-order valence-corrected chi connectivity index (χ3v) is 6.57. The van der Waals surface area contributed by atoms with Crippen molar-refractivity contribution >= 4 is 32.9 Å². The number of carbonyl (C=O) groups is 2. The van der Waals surface area contributed by atoms with Crippen molar-refractivity contribution in [1.29, 1.82) is 0 Å². The Morgan fingerprint density at radius 3 is 2.41 bits per heavy atom. The van der Waals surface area contributed by atoms with Crippen LogP contribution in [-0.4, -0.2) is 32.9 Å². The molecule has 0 saturated carbocycles. The fourth-order valence-corrected chi connectivity index (χ4v) is 4.29. The summed E-state index contributed by atoms with van der Waals surface area (Å²) in [5.41, 5.74) is 4.59. The van der Waals surface area contributed by atoms with Gasteiger partial charge < -0.3 is 14.5 Å². The zero-order valence-electron chi connectivity index (χ0n) is 19.8. The molecule has 1 aromatic heterocycles. The van der Waals surface area contributed by atoms with Gasteiger partial charge in [0.1, 0.15) is 5.58 Å². The lowest BCUT2D eigenvalue weighted by Crippen LogP contribution is -2.37. The molecule has 3 aromatic rings. The number of esters is 1. The summed E-state index contributed by atoms with van der Waals surface area (Å²) in [6.45, 7) is 8.08. The lowest BCUT2D eigenvalue weighted by molar-refractivity contribution is -0.154. The van der Waals surface area contributed by atoms with Gasteiger partial charge in [-0.25, -0.2) is 13.6 Å². The van der Waals surface area contributed by atoms with Crippen LogP contribution in [0.2, 0.25) is 0 Å². The number of benzene rings is 2. The Morgan fingerprint density at radius 1 is 1.12 bits per heavy atom. The van der Waals surface area contributed by atoms with E-state index in [-0.39, 0.29) is 11.3 Å². The zero-order chi connectivity index (χ0) is 25.0. The maximum atomic E-state index is 12.5. The molecule has 0 radical (unpaired) electrons. The smallest absolute Gasteiger partial charge is 0.311 e. The summed E-state index contributed by atoms with van der Waals surface area (Å²) in [6, 6.07) is 10.1. The van der Waals surface area contributed by atoms with Crippen molar-refractivity contribution in [1.82, 2.24) is 5.32 Å². The Bertz CT molecular complexity index is 1290. The van der Waals surface area contributed by atoms with E-state index in [0.29, 0.717) is 24.5 Å². The van der Waals surface area contributed by atoms with E-state index in [0.717, 1.165) is 22.1 Å². The number of ether oxygens (including phenoxy) is 1. The first-order valence-electron chi connectivity index (χ1n) is 11.0. The minimum atomic E-state index is -3.74. The predicted molar refractivity (Wildman–Crippen MR) is 129 cm³/mol. The van der Waals surface area contributed by atoms with Crippen molar-refractivity contribution in [2.75, 3.05) is 6.54 Å². The van der Waals surface area contributed by atoms with E-state index in [1.54, 1.807) is 18.4 Å². The molecular formula is C25H30N2O6S. The standard InChI is InChI=1S/C25H30N2O6S/c1-15(2)21-13-22-19(14-32-23(22)11-16(21)3)12-24(28)33-17(4)25(29)27-10-9-18-5-7-20(8-6-18)34(26,30)31/h5-8,11,13-15,17H,9-10,12H2,1-4H3,(H,27,29)(H2,26,30,31). The number of fused-ring (bicyclic) bond motifs is 1. The highest BCUT2D eigenvalue weighted by molar-refractivity contribution is 7.89. The average Bonchev–Trinajstić information content (AvgIpc) is 3.13. The van der Waals surface area contributed by atoms with E-state index in [1.807, 2.05) is 19.1 Å². The summed E-state index contributed by atoms with van der Waals surface area (Å²) in [6.07, 6.45) is 1.09. The number of nitrogens with two attached hydrogens (primary N) is 1. The number of furan rings is 1. The Balaban J connectivity index is 1.52. The summed E-state index contributed by atoms with van der Waals surface area (Å²) >= 11 is 0. The van der Waals surface area contributed by atoms with Crippen molar-refractivity contribution in [3.05, 3.63) is 64.9 Å². The van der Waals surface area contributed by atoms with Gasteiger partial charge in [0, 0.05) is 17.5 Å². The molecular weight excluding hydrogens is 456 g/mol. The molecule has 0 aliphatic rings. The first-order chi connectivity index (χ1) is 16.0. The van der Waals surface area contributed by atoms with Gasteiger partial charge in [-0.3, -0.25) is 9.59 Å². The highest BCUT2D eigenvalue weighted by Crippen LogP contribution is 2.29. The van der Waals surface area contributed by atoms with Crippen LogP contribution >= 0.6 is 0 Å². The van der Waals surface area contributed by atoms with Crippen molar-refractivity contribution in [2.24, 2.45) is 5.14 Å². The molecule has 9 heteroatoms. The first kappa shape index (κ1) is 25.5. The molecule has 34 heavy (non-hydrogen) atoms. The van der Waals surface area contributed by atoms with Crippen molar-refractivity contribution < 1.29 is 27.2 Å². The predicted octanol–water partition coefficient (Wildman–Crippen LogP) is 3.35. The largest absolute Gasteiger partial charge is 0.464 e. The summed E-state index contributed by atoms with van der Waals surface area (Å²) in [5, 5.41) is 8.67. The number of hydrogen-bond acceptors (Lipinski definition) is 6. The molecule has 0 aliphatic heterocycles. The summed E-state index contributed by atoms with van der Waals surface area (Å²) < 4.78 is 33.5. The quantitative estimate of drug-likeness (QED) is 0.446. The lowest BCUT2D eigenvalue weighted by atomic mass is 9.95. The van der Waals surface area contributed by atoms with Gasteiger partial charge in [0.05, 0.1) is 17.6 Å². The minimum Gasteiger partial charge on any atom is -0.464 e. The van der Waals surface area contributed by atoms with Crippen molar-refractivity contribution in [2.45, 2.75) is 57.5 Å². The van der Waals surface area contributed by atoms with Crippen molar-refractivity contribution in [3.8, 4) is 0 Å². The minimum absolute atomic E-state index is 0.00160. The van der Waals surface area contributed by atoms with Gasteiger partial charge in [-0.1, -0.05) is 26.0 Å². The molecule has 0 aliphatic carbocycles. The molecule has 0 spiro atoms. The maximum absolute atomic E-state index is 12.5. The molecule has 2 aromatic carbocycles. The molecule has 8 nitrogen and oxygen atoms in total. The number of amides is 1. The number of primary sulfonamides is 1. The van der Waals surface area contributed by atoms with Gasteiger partial charge in [0.25, 0.3) is 5.91 Å². The molecule has 0 saturated heterocycles. The normalized spacial score (nSPS) is 12.6. The zero-order valence-corrected chi connectivity index (χ0v) is 20.6. The van der Waals surface area contributed by atoms with Gasteiger partial charge in [-0.05, 0) is 67.1 Å². The Kier molecular flexibility index (Phi) is 7.78. The van der Waals surface area contributed by atoms with Crippen LogP contribution in [-0.2, 0) is 37.2 Å². The molecule has 0 bridgehead atoms. The van der Waals surface area contributed by atoms with E-state index in [9.17, 15) is 18.0 Å². The SMILES string of the molecule is Cc1cc2occ(CC(=O)OC(C)C(=O)NCCc3ccc(S(N)(=O)=O)cc3)c2cc1C(C)C. The molecule has 3 N–H and O–H groups in total. The fourth-order valence-electron chi connectivity index (χ4n) is 3.77. The van der Waals surface area contributed by atoms with Crippen LogP contribution in [0.15, 0.2) is 52.0 Å². The van der Waals surface area contributed by atoms with Crippen LogP contribution in [0.1, 0.15) is 48.9 Å². The Labute approximate surface area is 199 Å². The second kappa shape index (κ2) is 10.4. The molecule has 3 rings (SSSR count). The van der Waals surface area contributed by atoms with E-state index < -0.39 is 28.0 Å². The average molecular weight is 487 g/mol. The van der Waals surface area contributed by atoms with Crippen LogP contribution in [0.4, 0.5) is 0 Å². The second-order valence-electron chi connectivity index (χ2n) is 8.66. The molecule has 0 fully saturated rings. The van der Waals surface area contributed by atoms with Crippen LogP contribution in [0, 0.1) is 6.92 Å². The number of carbonyl (C=O) groups excluding carboxylic acids is 2. The summed E-state index contributed by atoms with van der Waals surface area (Å²) in [4.78, 5) is 24.8. The lowest BCUT2D eigenvalue weighted by Gasteiger charge is -2.14. The maximum Gasteiger partial charge on any atom is 0.311 e. The molecule has 1 amide bonds. The van der Waals surface area contributed by atoms with Gasteiger partial charge in [0.2, 0.25) is 10.0 Å². The molecule has 1 unspecified atom stereocenters. The van der Waals surface area contributed by atoms with E-state index in [2.05, 4.69) is 19.2 Å². The number of nitrogens with one attached hydrogen (secondary N) is 1. The van der Waals surface area contributed by atoms with E-state index >= 15 is 0 Å². The summed E-state index contributed by atoms with van der Waals surface area (Å²) in [7, 11) is -3.74. The third-order valence-electron chi connectivity index (χ3n) is 5.64. The van der Waals surface area contributed by atoms with Gasteiger partial charge >= 0.3 is 5.97 Å².